The Morgan fingerprint density at radius 2 is 2.24 bits per heavy atom. The Morgan fingerprint density at radius 1 is 1.24 bits per heavy atom. The quantitative estimate of drug-likeness (QED) is 0.773. The molecule has 0 bridgehead atoms. The number of H-pyrrole nitrogens is 2. The third-order valence-electron chi connectivity index (χ3n) is 4.49. The molecule has 21 heavy (non-hydrogen) atoms. The van der Waals surface area contributed by atoms with Crippen LogP contribution in [0.4, 0.5) is 0 Å². The molecule has 3 aromatic rings. The van der Waals surface area contributed by atoms with Gasteiger partial charge in [-0.15, -0.1) is 0 Å². The molecule has 1 aliphatic heterocycles. The Bertz CT molecular complexity index is 713. The highest BCUT2D eigenvalue weighted by molar-refractivity contribution is 5.79. The van der Waals surface area contributed by atoms with Crippen molar-refractivity contribution in [1.29, 1.82) is 0 Å². The number of fused-ring (bicyclic) bond motifs is 1. The van der Waals surface area contributed by atoms with E-state index in [0.29, 0.717) is 5.92 Å². The summed E-state index contributed by atoms with van der Waals surface area (Å²) in [6.07, 6.45) is 6.37. The van der Waals surface area contributed by atoms with Gasteiger partial charge < -0.3 is 4.98 Å². The van der Waals surface area contributed by atoms with Crippen molar-refractivity contribution in [3.8, 4) is 0 Å². The Balaban J connectivity index is 1.48. The van der Waals surface area contributed by atoms with Crippen LogP contribution in [0.3, 0.4) is 0 Å². The van der Waals surface area contributed by atoms with E-state index in [-0.39, 0.29) is 0 Å². The molecule has 1 atom stereocenters. The molecule has 0 aliphatic carbocycles. The third-order valence-corrected chi connectivity index (χ3v) is 4.49. The summed E-state index contributed by atoms with van der Waals surface area (Å²) in [7, 11) is 0. The average molecular weight is 280 g/mol. The van der Waals surface area contributed by atoms with Crippen LogP contribution in [0.5, 0.6) is 0 Å². The minimum absolute atomic E-state index is 0.593. The molecule has 0 amide bonds. The highest BCUT2D eigenvalue weighted by Crippen LogP contribution is 2.26. The van der Waals surface area contributed by atoms with E-state index in [9.17, 15) is 0 Å². The van der Waals surface area contributed by atoms with E-state index in [0.717, 1.165) is 13.1 Å². The highest BCUT2D eigenvalue weighted by Gasteiger charge is 2.22. The second-order valence-electron chi connectivity index (χ2n) is 5.99. The number of nitrogens with one attached hydrogen (secondary N) is 2. The van der Waals surface area contributed by atoms with Crippen LogP contribution in [-0.2, 0) is 6.54 Å². The van der Waals surface area contributed by atoms with Crippen molar-refractivity contribution >= 4 is 10.9 Å². The second-order valence-corrected chi connectivity index (χ2v) is 5.99. The minimum atomic E-state index is 0.593. The van der Waals surface area contributed by atoms with Crippen molar-refractivity contribution < 1.29 is 0 Å². The summed E-state index contributed by atoms with van der Waals surface area (Å²) in [6, 6.07) is 11.0. The molecule has 0 unspecified atom stereocenters. The van der Waals surface area contributed by atoms with E-state index in [1.165, 1.54) is 41.5 Å². The summed E-state index contributed by atoms with van der Waals surface area (Å²) in [4.78, 5) is 5.85. The fourth-order valence-electron chi connectivity index (χ4n) is 3.40. The maximum absolute atomic E-state index is 4.09. The van der Waals surface area contributed by atoms with Crippen molar-refractivity contribution in [2.24, 2.45) is 0 Å². The Kier molecular flexibility index (Phi) is 3.24. The van der Waals surface area contributed by atoms with Crippen molar-refractivity contribution in [3.05, 3.63) is 54.0 Å². The van der Waals surface area contributed by atoms with E-state index in [4.69, 9.17) is 0 Å². The predicted octanol–water partition coefficient (Wildman–Crippen LogP) is 3.27. The zero-order valence-electron chi connectivity index (χ0n) is 12.0. The predicted molar refractivity (Wildman–Crippen MR) is 84.1 cm³/mol. The van der Waals surface area contributed by atoms with Crippen LogP contribution in [-0.4, -0.2) is 33.2 Å². The van der Waals surface area contributed by atoms with Gasteiger partial charge in [0.25, 0.3) is 0 Å². The normalized spacial score (nSPS) is 20.1. The summed E-state index contributed by atoms with van der Waals surface area (Å²) in [6.45, 7) is 3.33. The average Bonchev–Trinajstić information content (AvgIpc) is 3.18. The number of aromatic amines is 2. The van der Waals surface area contributed by atoms with Gasteiger partial charge in [0.15, 0.2) is 0 Å². The number of aromatic nitrogens is 3. The number of rotatable bonds is 3. The number of nitrogens with zero attached hydrogens (tertiary/aromatic N) is 2. The molecule has 2 N–H and O–H groups in total. The minimum Gasteiger partial charge on any atom is -0.361 e. The Hall–Kier alpha value is -2.07. The number of benzene rings is 1. The molecule has 0 radical (unpaired) electrons. The lowest BCUT2D eigenvalue weighted by molar-refractivity contribution is 0.198. The molecule has 1 saturated heterocycles. The van der Waals surface area contributed by atoms with Crippen molar-refractivity contribution in [2.45, 2.75) is 25.3 Å². The molecule has 4 heteroatoms. The van der Waals surface area contributed by atoms with Crippen LogP contribution < -0.4 is 0 Å². The molecule has 1 aliphatic rings. The smallest absolute Gasteiger partial charge is 0.0490 e. The van der Waals surface area contributed by atoms with E-state index in [1.54, 1.807) is 0 Å². The van der Waals surface area contributed by atoms with Crippen LogP contribution >= 0.6 is 0 Å². The molecule has 0 spiro atoms. The third kappa shape index (κ3) is 2.59. The summed E-state index contributed by atoms with van der Waals surface area (Å²) in [5.74, 6) is 0.593. The van der Waals surface area contributed by atoms with Gasteiger partial charge in [-0.05, 0) is 48.5 Å². The van der Waals surface area contributed by atoms with Crippen LogP contribution in [0.2, 0.25) is 0 Å². The molecule has 4 rings (SSSR count). The summed E-state index contributed by atoms with van der Waals surface area (Å²) >= 11 is 0. The maximum atomic E-state index is 4.09. The van der Waals surface area contributed by atoms with Gasteiger partial charge in [0.1, 0.15) is 0 Å². The summed E-state index contributed by atoms with van der Waals surface area (Å²) in [5.41, 5.74) is 3.89. The van der Waals surface area contributed by atoms with Gasteiger partial charge in [0.05, 0.1) is 0 Å². The maximum Gasteiger partial charge on any atom is 0.0490 e. The van der Waals surface area contributed by atoms with E-state index in [2.05, 4.69) is 50.4 Å². The van der Waals surface area contributed by atoms with Crippen LogP contribution in [0.25, 0.3) is 10.9 Å². The summed E-state index contributed by atoms with van der Waals surface area (Å²) < 4.78 is 0. The van der Waals surface area contributed by atoms with Crippen molar-refractivity contribution in [2.75, 3.05) is 13.1 Å². The van der Waals surface area contributed by atoms with Gasteiger partial charge in [0.2, 0.25) is 0 Å². The standard InChI is InChI=1S/C17H20N4/c1-2-15(16-6-8-19-20-16)12-21(9-1)11-13-3-4-14-5-7-18-17(14)10-13/h3-8,10,15,18H,1-2,9,11-12H2,(H,19,20)/t15-/m1/s1. The Labute approximate surface area is 124 Å². The molecule has 1 fully saturated rings. The monoisotopic (exact) mass is 280 g/mol. The topological polar surface area (TPSA) is 47.7 Å². The lowest BCUT2D eigenvalue weighted by atomic mass is 9.94. The zero-order chi connectivity index (χ0) is 14.1. The lowest BCUT2D eigenvalue weighted by Gasteiger charge is -2.32. The fourth-order valence-corrected chi connectivity index (χ4v) is 3.40. The molecule has 3 heterocycles. The number of likely N-dealkylation sites (tertiary alicyclic amines) is 1. The zero-order valence-corrected chi connectivity index (χ0v) is 12.0. The van der Waals surface area contributed by atoms with E-state index < -0.39 is 0 Å². The SMILES string of the molecule is c1cc([C@@H]2CCCN(Cc3ccc4cc[nH]c4c3)C2)[nH]n1. The first-order valence-electron chi connectivity index (χ1n) is 7.66. The number of piperidine rings is 1. The van der Waals surface area contributed by atoms with Crippen LogP contribution in [0.15, 0.2) is 42.7 Å². The van der Waals surface area contributed by atoms with Crippen LogP contribution in [0, 0.1) is 0 Å². The van der Waals surface area contributed by atoms with Crippen molar-refractivity contribution in [1.82, 2.24) is 20.1 Å². The van der Waals surface area contributed by atoms with Gasteiger partial charge >= 0.3 is 0 Å². The van der Waals surface area contributed by atoms with E-state index in [1.807, 2.05) is 12.4 Å². The highest BCUT2D eigenvalue weighted by atomic mass is 15.1. The molecular formula is C17H20N4. The molecule has 0 saturated carbocycles. The molecule has 4 nitrogen and oxygen atoms in total. The Morgan fingerprint density at radius 3 is 3.14 bits per heavy atom. The van der Waals surface area contributed by atoms with Crippen LogP contribution in [0.1, 0.15) is 30.0 Å². The number of hydrogen-bond acceptors (Lipinski definition) is 2. The van der Waals surface area contributed by atoms with E-state index >= 15 is 0 Å². The van der Waals surface area contributed by atoms with Gasteiger partial charge in [-0.2, -0.15) is 5.10 Å². The van der Waals surface area contributed by atoms with Gasteiger partial charge in [-0.25, -0.2) is 0 Å². The van der Waals surface area contributed by atoms with Gasteiger partial charge in [-0.3, -0.25) is 10.00 Å². The fraction of sp³-hybridized carbons (Fsp3) is 0.353. The number of hydrogen-bond donors (Lipinski definition) is 2. The van der Waals surface area contributed by atoms with Gasteiger partial charge in [-0.1, -0.05) is 12.1 Å². The molecule has 2 aromatic heterocycles. The first-order chi connectivity index (χ1) is 10.4. The first-order valence-corrected chi connectivity index (χ1v) is 7.66. The molecular weight excluding hydrogens is 260 g/mol. The second kappa shape index (κ2) is 5.37. The lowest BCUT2D eigenvalue weighted by Crippen LogP contribution is -2.34. The van der Waals surface area contributed by atoms with Gasteiger partial charge in [0, 0.05) is 42.6 Å². The summed E-state index contributed by atoms with van der Waals surface area (Å²) in [5, 5.41) is 8.50. The molecule has 108 valence electrons. The first kappa shape index (κ1) is 12.7. The molecule has 1 aromatic carbocycles. The van der Waals surface area contributed by atoms with Crippen molar-refractivity contribution in [3.63, 3.8) is 0 Å². The largest absolute Gasteiger partial charge is 0.361 e.